The Hall–Kier alpha value is -1.06. The van der Waals surface area contributed by atoms with Crippen LogP contribution < -0.4 is 5.32 Å². The highest BCUT2D eigenvalue weighted by Crippen LogP contribution is 2.66. The van der Waals surface area contributed by atoms with Crippen LogP contribution >= 0.6 is 0 Å². The Morgan fingerprint density at radius 2 is 1.76 bits per heavy atom. The summed E-state index contributed by atoms with van der Waals surface area (Å²) >= 11 is 0. The molecule has 3 saturated carbocycles. The molecule has 0 bridgehead atoms. The van der Waals surface area contributed by atoms with E-state index in [0.29, 0.717) is 17.9 Å². The van der Waals surface area contributed by atoms with E-state index in [1.807, 2.05) is 7.05 Å². The number of carbonyl (C=O) groups is 2. The van der Waals surface area contributed by atoms with E-state index in [1.165, 1.54) is 25.7 Å². The minimum absolute atomic E-state index is 0.181. The standard InChI is InChI=1S/C21H34N2O2/c1-20-11-9-15-13(14(20)6-7-16(20)19(25)22-3)5-8-17-21(15,2)12-10-18(24)23(17)4/h13-17H,5-12H2,1-4H3,(H,22,25)/t13-,14-,15-,16+,17+,20-,21+/m0/s1. The molecule has 0 spiro atoms. The molecule has 140 valence electrons. The van der Waals surface area contributed by atoms with Gasteiger partial charge in [0.2, 0.25) is 11.8 Å². The first-order chi connectivity index (χ1) is 11.8. The Kier molecular flexibility index (Phi) is 3.97. The maximum absolute atomic E-state index is 12.4. The lowest BCUT2D eigenvalue weighted by molar-refractivity contribution is -0.159. The number of hydrogen-bond donors (Lipinski definition) is 1. The molecule has 7 atom stereocenters. The van der Waals surface area contributed by atoms with E-state index in [4.69, 9.17) is 0 Å². The van der Waals surface area contributed by atoms with E-state index < -0.39 is 0 Å². The normalized spacial score (nSPS) is 49.2. The van der Waals surface area contributed by atoms with Crippen LogP contribution in [-0.2, 0) is 9.59 Å². The van der Waals surface area contributed by atoms with Crippen LogP contribution in [0.2, 0.25) is 0 Å². The number of carbonyl (C=O) groups excluding carboxylic acids is 2. The van der Waals surface area contributed by atoms with Crippen molar-refractivity contribution in [2.75, 3.05) is 14.1 Å². The molecule has 3 aliphatic carbocycles. The van der Waals surface area contributed by atoms with Crippen molar-refractivity contribution in [3.8, 4) is 0 Å². The van der Waals surface area contributed by atoms with Gasteiger partial charge in [-0.15, -0.1) is 0 Å². The van der Waals surface area contributed by atoms with Crippen LogP contribution in [0.15, 0.2) is 0 Å². The molecule has 0 aromatic carbocycles. The van der Waals surface area contributed by atoms with Gasteiger partial charge in [-0.05, 0) is 73.5 Å². The molecule has 0 aromatic rings. The molecule has 1 aliphatic heterocycles. The Balaban J connectivity index is 1.62. The Labute approximate surface area is 152 Å². The van der Waals surface area contributed by atoms with Gasteiger partial charge in [-0.25, -0.2) is 0 Å². The zero-order valence-electron chi connectivity index (χ0n) is 16.3. The van der Waals surface area contributed by atoms with Crippen LogP contribution in [0.4, 0.5) is 0 Å². The molecule has 1 N–H and O–H groups in total. The summed E-state index contributed by atoms with van der Waals surface area (Å²) in [5.41, 5.74) is 0.457. The third-order valence-corrected chi connectivity index (χ3v) is 9.12. The zero-order valence-corrected chi connectivity index (χ0v) is 16.3. The van der Waals surface area contributed by atoms with Gasteiger partial charge in [0, 0.05) is 32.5 Å². The molecule has 0 radical (unpaired) electrons. The smallest absolute Gasteiger partial charge is 0.223 e. The molecule has 0 aromatic heterocycles. The van der Waals surface area contributed by atoms with Crippen LogP contribution in [-0.4, -0.2) is 36.9 Å². The Bertz CT molecular complexity index is 590. The second kappa shape index (κ2) is 5.72. The summed E-state index contributed by atoms with van der Waals surface area (Å²) in [6.45, 7) is 4.86. The van der Waals surface area contributed by atoms with Gasteiger partial charge in [0.25, 0.3) is 0 Å². The van der Waals surface area contributed by atoms with Gasteiger partial charge in [-0.3, -0.25) is 9.59 Å². The average molecular weight is 347 g/mol. The molecule has 1 heterocycles. The van der Waals surface area contributed by atoms with Crippen molar-refractivity contribution >= 4 is 11.8 Å². The number of likely N-dealkylation sites (tertiary alicyclic amines) is 1. The lowest BCUT2D eigenvalue weighted by atomic mass is 9.47. The predicted molar refractivity (Wildman–Crippen MR) is 97.7 cm³/mol. The van der Waals surface area contributed by atoms with E-state index in [9.17, 15) is 9.59 Å². The average Bonchev–Trinajstić information content (AvgIpc) is 2.95. The predicted octanol–water partition coefficient (Wildman–Crippen LogP) is 3.21. The van der Waals surface area contributed by atoms with Crippen LogP contribution in [0.25, 0.3) is 0 Å². The molecular weight excluding hydrogens is 312 g/mol. The van der Waals surface area contributed by atoms with Gasteiger partial charge >= 0.3 is 0 Å². The van der Waals surface area contributed by atoms with Crippen molar-refractivity contribution in [2.24, 2.45) is 34.5 Å². The first-order valence-corrected chi connectivity index (χ1v) is 10.3. The van der Waals surface area contributed by atoms with Crippen molar-refractivity contribution in [3.63, 3.8) is 0 Å². The Morgan fingerprint density at radius 3 is 2.48 bits per heavy atom. The summed E-state index contributed by atoms with van der Waals surface area (Å²) < 4.78 is 0. The van der Waals surface area contributed by atoms with Crippen LogP contribution in [0, 0.1) is 34.5 Å². The number of amides is 2. The number of rotatable bonds is 1. The lowest BCUT2D eigenvalue weighted by Crippen LogP contribution is -2.61. The van der Waals surface area contributed by atoms with Gasteiger partial charge in [0.05, 0.1) is 0 Å². The van der Waals surface area contributed by atoms with Crippen molar-refractivity contribution in [2.45, 2.75) is 71.3 Å². The first kappa shape index (κ1) is 17.4. The molecular formula is C21H34N2O2. The molecule has 25 heavy (non-hydrogen) atoms. The monoisotopic (exact) mass is 346 g/mol. The summed E-state index contributed by atoms with van der Waals surface area (Å²) in [7, 11) is 3.81. The quantitative estimate of drug-likeness (QED) is 0.792. The number of nitrogens with zero attached hydrogens (tertiary/aromatic N) is 1. The van der Waals surface area contributed by atoms with E-state index in [1.54, 1.807) is 7.05 Å². The molecule has 4 nitrogen and oxygen atoms in total. The number of fused-ring (bicyclic) bond motifs is 5. The van der Waals surface area contributed by atoms with E-state index >= 15 is 0 Å². The minimum atomic E-state index is 0.181. The van der Waals surface area contributed by atoms with Gasteiger partial charge < -0.3 is 10.2 Å². The van der Waals surface area contributed by atoms with Crippen molar-refractivity contribution in [1.29, 1.82) is 0 Å². The summed E-state index contributed by atoms with van der Waals surface area (Å²) in [6.07, 6.45) is 8.85. The highest BCUT2D eigenvalue weighted by Gasteiger charge is 2.61. The molecule has 4 fully saturated rings. The molecule has 2 amide bonds. The zero-order chi connectivity index (χ0) is 18.0. The molecule has 1 saturated heterocycles. The maximum atomic E-state index is 12.4. The van der Waals surface area contributed by atoms with E-state index in [0.717, 1.165) is 37.5 Å². The van der Waals surface area contributed by atoms with Crippen molar-refractivity contribution < 1.29 is 9.59 Å². The lowest BCUT2D eigenvalue weighted by Gasteiger charge is -2.61. The van der Waals surface area contributed by atoms with Gasteiger partial charge in [0.15, 0.2) is 0 Å². The largest absolute Gasteiger partial charge is 0.359 e. The van der Waals surface area contributed by atoms with Gasteiger partial charge in [-0.2, -0.15) is 0 Å². The van der Waals surface area contributed by atoms with Crippen molar-refractivity contribution in [1.82, 2.24) is 10.2 Å². The third-order valence-electron chi connectivity index (χ3n) is 9.12. The fourth-order valence-electron chi connectivity index (χ4n) is 7.76. The van der Waals surface area contributed by atoms with E-state index in [-0.39, 0.29) is 22.7 Å². The molecule has 4 heteroatoms. The summed E-state index contributed by atoms with van der Waals surface area (Å²) in [5.74, 6) is 2.95. The van der Waals surface area contributed by atoms with Crippen LogP contribution in [0.5, 0.6) is 0 Å². The number of piperidine rings is 1. The van der Waals surface area contributed by atoms with Crippen molar-refractivity contribution in [3.05, 3.63) is 0 Å². The molecule has 0 unspecified atom stereocenters. The Morgan fingerprint density at radius 1 is 1.04 bits per heavy atom. The highest BCUT2D eigenvalue weighted by atomic mass is 16.2. The van der Waals surface area contributed by atoms with Gasteiger partial charge in [-0.1, -0.05) is 13.8 Å². The fourth-order valence-corrected chi connectivity index (χ4v) is 7.76. The minimum Gasteiger partial charge on any atom is -0.359 e. The summed E-state index contributed by atoms with van der Waals surface area (Å²) in [4.78, 5) is 26.7. The summed E-state index contributed by atoms with van der Waals surface area (Å²) in [6, 6.07) is 0.426. The SMILES string of the molecule is CNC(=O)[C@H]1CC[C@H]2[C@@H]3CC[C@H]4N(C)C(=O)CC[C@]4(C)[C@H]3CC[C@]12C. The number of nitrogens with one attached hydrogen (secondary N) is 1. The summed E-state index contributed by atoms with van der Waals surface area (Å²) in [5, 5.41) is 2.92. The van der Waals surface area contributed by atoms with E-state index in [2.05, 4.69) is 24.1 Å². The highest BCUT2D eigenvalue weighted by molar-refractivity contribution is 5.79. The molecule has 4 rings (SSSR count). The van der Waals surface area contributed by atoms with Crippen LogP contribution in [0.1, 0.15) is 65.2 Å². The third kappa shape index (κ3) is 2.24. The number of hydrogen-bond acceptors (Lipinski definition) is 2. The molecule has 4 aliphatic rings. The first-order valence-electron chi connectivity index (χ1n) is 10.3. The second-order valence-corrected chi connectivity index (χ2v) is 9.77. The maximum Gasteiger partial charge on any atom is 0.223 e. The second-order valence-electron chi connectivity index (χ2n) is 9.77. The fraction of sp³-hybridized carbons (Fsp3) is 0.905. The van der Waals surface area contributed by atoms with Gasteiger partial charge in [0.1, 0.15) is 0 Å². The topological polar surface area (TPSA) is 49.4 Å². The van der Waals surface area contributed by atoms with Crippen LogP contribution in [0.3, 0.4) is 0 Å².